The molecule has 7 nitrogen and oxygen atoms in total. The minimum Gasteiger partial charge on any atom is -0.462 e. The average molecular weight is 443 g/mol. The first-order valence-electron chi connectivity index (χ1n) is 10.5. The maximum atomic E-state index is 13.1. The fourth-order valence-electron chi connectivity index (χ4n) is 4.26. The Labute approximate surface area is 186 Å². The number of nitrogens with zero attached hydrogens (tertiary/aromatic N) is 2. The van der Waals surface area contributed by atoms with E-state index in [0.717, 1.165) is 36.8 Å². The fourth-order valence-corrected chi connectivity index (χ4v) is 4.44. The van der Waals surface area contributed by atoms with Gasteiger partial charge in [0.05, 0.1) is 50.5 Å². The molecule has 162 valence electrons. The summed E-state index contributed by atoms with van der Waals surface area (Å²) >= 11 is 6.10. The van der Waals surface area contributed by atoms with Gasteiger partial charge in [0.2, 0.25) is 5.91 Å². The fraction of sp³-hybridized carbons (Fsp3) is 0.348. The molecule has 2 amide bonds. The van der Waals surface area contributed by atoms with E-state index in [1.54, 1.807) is 31.2 Å². The molecule has 2 saturated heterocycles. The van der Waals surface area contributed by atoms with Gasteiger partial charge in [-0.05, 0) is 49.4 Å². The topological polar surface area (TPSA) is 71.4 Å². The zero-order valence-corrected chi connectivity index (χ0v) is 18.1. The van der Waals surface area contributed by atoms with Gasteiger partial charge in [-0.2, -0.15) is 0 Å². The molecule has 1 N–H and O–H groups in total. The number of hydrogen-bond donors (Lipinski definition) is 1. The van der Waals surface area contributed by atoms with Gasteiger partial charge in [-0.1, -0.05) is 17.7 Å². The van der Waals surface area contributed by atoms with Crippen molar-refractivity contribution in [2.24, 2.45) is 0 Å². The molecule has 2 aliphatic rings. The van der Waals surface area contributed by atoms with Crippen LogP contribution in [0, 0.1) is 0 Å². The van der Waals surface area contributed by atoms with E-state index in [2.05, 4.69) is 4.90 Å². The number of rotatable bonds is 5. The highest BCUT2D eigenvalue weighted by molar-refractivity contribution is 6.30. The summed E-state index contributed by atoms with van der Waals surface area (Å²) in [4.78, 5) is 42.2. The molecule has 0 aromatic heterocycles. The molecular weight excluding hydrogens is 418 g/mol. The van der Waals surface area contributed by atoms with Crippen molar-refractivity contribution in [3.63, 3.8) is 0 Å². The number of imide groups is 1. The Morgan fingerprint density at radius 3 is 2.45 bits per heavy atom. The van der Waals surface area contributed by atoms with Crippen LogP contribution in [0.2, 0.25) is 5.02 Å². The van der Waals surface area contributed by atoms with Crippen LogP contribution >= 0.6 is 11.6 Å². The van der Waals surface area contributed by atoms with Gasteiger partial charge < -0.3 is 14.5 Å². The summed E-state index contributed by atoms with van der Waals surface area (Å²) in [5.41, 5.74) is 1.95. The van der Waals surface area contributed by atoms with Crippen molar-refractivity contribution >= 4 is 40.8 Å². The van der Waals surface area contributed by atoms with Crippen molar-refractivity contribution in [2.75, 3.05) is 42.6 Å². The number of nitrogens with one attached hydrogen (secondary N) is 1. The van der Waals surface area contributed by atoms with Crippen LogP contribution in [0.15, 0.2) is 48.5 Å². The molecule has 0 saturated carbocycles. The Kier molecular flexibility index (Phi) is 6.25. The lowest BCUT2D eigenvalue weighted by Crippen LogP contribution is -3.19. The van der Waals surface area contributed by atoms with E-state index < -0.39 is 5.97 Å². The minimum absolute atomic E-state index is 0.180. The lowest BCUT2D eigenvalue weighted by atomic mass is 10.1. The minimum atomic E-state index is -0.423. The Morgan fingerprint density at radius 1 is 1.10 bits per heavy atom. The molecule has 0 spiro atoms. The summed E-state index contributed by atoms with van der Waals surface area (Å²) in [6.45, 7) is 5.16. The number of quaternary nitrogens is 1. The monoisotopic (exact) mass is 442 g/mol. The number of esters is 1. The number of anilines is 2. The molecule has 8 heteroatoms. The number of carbonyl (C=O) groups excluding carboxylic acids is 3. The zero-order chi connectivity index (χ0) is 22.0. The molecule has 2 heterocycles. The van der Waals surface area contributed by atoms with Gasteiger partial charge in [0, 0.05) is 10.7 Å². The van der Waals surface area contributed by atoms with E-state index in [0.29, 0.717) is 22.9 Å². The van der Waals surface area contributed by atoms with Crippen molar-refractivity contribution in [3.05, 3.63) is 59.1 Å². The smallest absolute Gasteiger partial charge is 0.338 e. The largest absolute Gasteiger partial charge is 0.462 e. The number of halogens is 1. The van der Waals surface area contributed by atoms with Crippen LogP contribution in [-0.2, 0) is 14.3 Å². The molecule has 1 atom stereocenters. The van der Waals surface area contributed by atoms with E-state index in [9.17, 15) is 14.4 Å². The van der Waals surface area contributed by atoms with Crippen molar-refractivity contribution in [3.8, 4) is 0 Å². The third-order valence-electron chi connectivity index (χ3n) is 5.86. The number of carbonyl (C=O) groups is 3. The van der Waals surface area contributed by atoms with Gasteiger partial charge >= 0.3 is 5.97 Å². The van der Waals surface area contributed by atoms with Crippen molar-refractivity contribution in [2.45, 2.75) is 19.4 Å². The maximum Gasteiger partial charge on any atom is 0.338 e. The lowest BCUT2D eigenvalue weighted by Gasteiger charge is -2.35. The summed E-state index contributed by atoms with van der Waals surface area (Å²) in [5, 5.41) is 0.702. The van der Waals surface area contributed by atoms with Crippen LogP contribution in [0.5, 0.6) is 0 Å². The summed E-state index contributed by atoms with van der Waals surface area (Å²) in [6.07, 6.45) is 0.199. The van der Waals surface area contributed by atoms with E-state index in [-0.39, 0.29) is 24.3 Å². The number of amides is 2. The van der Waals surface area contributed by atoms with Gasteiger partial charge in [0.1, 0.15) is 0 Å². The molecule has 2 fully saturated rings. The molecule has 4 rings (SSSR count). The highest BCUT2D eigenvalue weighted by Crippen LogP contribution is 2.23. The first-order chi connectivity index (χ1) is 15.0. The predicted molar refractivity (Wildman–Crippen MR) is 118 cm³/mol. The number of benzene rings is 2. The van der Waals surface area contributed by atoms with Crippen LogP contribution in [-0.4, -0.2) is 56.6 Å². The Balaban J connectivity index is 1.41. The highest BCUT2D eigenvalue weighted by atomic mass is 35.5. The van der Waals surface area contributed by atoms with E-state index in [1.807, 2.05) is 24.3 Å². The molecule has 0 bridgehead atoms. The molecule has 31 heavy (non-hydrogen) atoms. The van der Waals surface area contributed by atoms with Gasteiger partial charge in [0.15, 0.2) is 6.04 Å². The summed E-state index contributed by atoms with van der Waals surface area (Å²) < 4.78 is 4.98. The molecule has 0 aliphatic carbocycles. The zero-order valence-electron chi connectivity index (χ0n) is 17.3. The number of hydrogen-bond acceptors (Lipinski definition) is 5. The second kappa shape index (κ2) is 9.08. The van der Waals surface area contributed by atoms with E-state index in [4.69, 9.17) is 16.3 Å². The molecule has 2 aliphatic heterocycles. The van der Waals surface area contributed by atoms with Crippen molar-refractivity contribution in [1.29, 1.82) is 0 Å². The van der Waals surface area contributed by atoms with Crippen molar-refractivity contribution in [1.82, 2.24) is 0 Å². The summed E-state index contributed by atoms with van der Waals surface area (Å²) in [5.74, 6) is -0.809. The predicted octanol–water partition coefficient (Wildman–Crippen LogP) is 1.55. The van der Waals surface area contributed by atoms with Gasteiger partial charge in [-0.3, -0.25) is 9.59 Å². The molecule has 1 unspecified atom stereocenters. The van der Waals surface area contributed by atoms with Crippen LogP contribution in [0.1, 0.15) is 23.7 Å². The van der Waals surface area contributed by atoms with Crippen LogP contribution < -0.4 is 14.7 Å². The molecule has 2 aromatic carbocycles. The van der Waals surface area contributed by atoms with Crippen LogP contribution in [0.4, 0.5) is 11.4 Å². The van der Waals surface area contributed by atoms with Gasteiger partial charge in [0.25, 0.3) is 5.91 Å². The second-order valence-electron chi connectivity index (χ2n) is 7.72. The van der Waals surface area contributed by atoms with E-state index >= 15 is 0 Å². The first-order valence-corrected chi connectivity index (χ1v) is 10.8. The molecule has 2 aromatic rings. The SMILES string of the molecule is CCOC(=O)c1ccc(N2C(=O)CC([NH+]3CCN(c4cccc(Cl)c4)CC3)C2=O)cc1. The Morgan fingerprint density at radius 2 is 1.81 bits per heavy atom. The average Bonchev–Trinajstić information content (AvgIpc) is 3.08. The Bertz CT molecular complexity index is 987. The lowest BCUT2D eigenvalue weighted by molar-refractivity contribution is -0.915. The Hall–Kier alpha value is -2.90. The third kappa shape index (κ3) is 4.43. The first kappa shape index (κ1) is 21.3. The molecule has 0 radical (unpaired) electrons. The van der Waals surface area contributed by atoms with Gasteiger partial charge in [-0.15, -0.1) is 0 Å². The third-order valence-corrected chi connectivity index (χ3v) is 6.09. The molecular formula is C23H25ClN3O4+. The number of piperazine rings is 1. The quantitative estimate of drug-likeness (QED) is 0.562. The van der Waals surface area contributed by atoms with Crippen molar-refractivity contribution < 1.29 is 24.0 Å². The normalized spacial score (nSPS) is 19.7. The highest BCUT2D eigenvalue weighted by Gasteiger charge is 2.46. The van der Waals surface area contributed by atoms with E-state index in [1.165, 1.54) is 4.90 Å². The second-order valence-corrected chi connectivity index (χ2v) is 8.15. The standard InChI is InChI=1S/C23H24ClN3O4/c1-2-31-23(30)16-6-8-18(9-7-16)27-21(28)15-20(22(27)29)26-12-10-25(11-13-26)19-5-3-4-17(24)14-19/h3-9,14,20H,2,10-13,15H2,1H3/p+1. The van der Waals surface area contributed by atoms with Crippen LogP contribution in [0.25, 0.3) is 0 Å². The maximum absolute atomic E-state index is 13.1. The van der Waals surface area contributed by atoms with Gasteiger partial charge in [-0.25, -0.2) is 9.69 Å². The van der Waals surface area contributed by atoms with Crippen LogP contribution in [0.3, 0.4) is 0 Å². The summed E-state index contributed by atoms with van der Waals surface area (Å²) in [7, 11) is 0. The summed E-state index contributed by atoms with van der Waals surface area (Å²) in [6, 6.07) is 13.8. The number of ether oxygens (including phenoxy) is 1.